The van der Waals surface area contributed by atoms with Gasteiger partial charge in [-0.15, -0.1) is 15.3 Å². The third-order valence-corrected chi connectivity index (χ3v) is 3.73. The second kappa shape index (κ2) is 5.28. The van der Waals surface area contributed by atoms with Crippen LogP contribution in [-0.4, -0.2) is 30.3 Å². The van der Waals surface area contributed by atoms with E-state index in [4.69, 9.17) is 11.6 Å². The predicted molar refractivity (Wildman–Crippen MR) is 75.9 cm³/mol. The summed E-state index contributed by atoms with van der Waals surface area (Å²) in [6.07, 6.45) is 0. The number of aromatic nitrogens is 5. The summed E-state index contributed by atoms with van der Waals surface area (Å²) < 4.78 is 1.57. The van der Waals surface area contributed by atoms with E-state index in [0.717, 1.165) is 10.6 Å². The number of aryl methyl sites for hydroxylation is 1. The van der Waals surface area contributed by atoms with Crippen molar-refractivity contribution in [2.75, 3.05) is 0 Å². The normalized spacial score (nSPS) is 10.9. The smallest absolute Gasteiger partial charge is 0.234 e. The molecule has 0 atom stereocenters. The van der Waals surface area contributed by atoms with Crippen LogP contribution in [0.4, 0.5) is 0 Å². The minimum Gasteiger partial charge on any atom is -0.390 e. The fourth-order valence-electron chi connectivity index (χ4n) is 1.85. The van der Waals surface area contributed by atoms with Crippen molar-refractivity contribution in [1.82, 2.24) is 25.2 Å². The number of hydrogen-bond acceptors (Lipinski definition) is 6. The molecule has 0 aliphatic carbocycles. The average Bonchev–Trinajstić information content (AvgIpc) is 3.04. The molecule has 2 heterocycles. The van der Waals surface area contributed by atoms with Gasteiger partial charge in [-0.2, -0.15) is 4.68 Å². The molecule has 0 bridgehead atoms. The summed E-state index contributed by atoms with van der Waals surface area (Å²) >= 11 is 7.42. The van der Waals surface area contributed by atoms with Crippen LogP contribution in [0.1, 0.15) is 10.7 Å². The molecule has 0 unspecified atom stereocenters. The predicted octanol–water partition coefficient (Wildman–Crippen LogP) is 2.24. The molecule has 0 fully saturated rings. The van der Waals surface area contributed by atoms with Gasteiger partial charge in [0.1, 0.15) is 16.4 Å². The summed E-state index contributed by atoms with van der Waals surface area (Å²) in [5.41, 5.74) is 1.96. The van der Waals surface area contributed by atoms with Gasteiger partial charge in [0.05, 0.1) is 6.61 Å². The molecule has 20 heavy (non-hydrogen) atoms. The molecular formula is C12H10ClN5OS. The number of aliphatic hydroxyl groups is 1. The Labute approximate surface area is 123 Å². The molecule has 0 radical (unpaired) electrons. The quantitative estimate of drug-likeness (QED) is 0.803. The van der Waals surface area contributed by atoms with E-state index in [-0.39, 0.29) is 6.61 Å². The number of nitrogens with zero attached hydrogens (tertiary/aromatic N) is 5. The third kappa shape index (κ3) is 2.31. The zero-order chi connectivity index (χ0) is 14.1. The van der Waals surface area contributed by atoms with Crippen LogP contribution in [0, 0.1) is 6.92 Å². The maximum Gasteiger partial charge on any atom is 0.234 e. The van der Waals surface area contributed by atoms with Crippen LogP contribution in [-0.2, 0) is 6.61 Å². The minimum atomic E-state index is -0.209. The van der Waals surface area contributed by atoms with E-state index < -0.39 is 0 Å². The van der Waals surface area contributed by atoms with Gasteiger partial charge in [-0.1, -0.05) is 40.3 Å². The highest BCUT2D eigenvalue weighted by Crippen LogP contribution is 2.28. The number of hydrogen-bond donors (Lipinski definition) is 1. The Balaban J connectivity index is 2.20. The number of aliphatic hydroxyl groups excluding tert-OH is 1. The average molecular weight is 308 g/mol. The number of halogens is 1. The third-order valence-electron chi connectivity index (χ3n) is 2.68. The molecule has 102 valence electrons. The Morgan fingerprint density at radius 1 is 1.30 bits per heavy atom. The van der Waals surface area contributed by atoms with E-state index in [0.29, 0.717) is 21.5 Å². The van der Waals surface area contributed by atoms with Crippen LogP contribution in [0.3, 0.4) is 0 Å². The van der Waals surface area contributed by atoms with Crippen LogP contribution in [0.15, 0.2) is 24.3 Å². The molecular weight excluding hydrogens is 298 g/mol. The molecule has 0 saturated carbocycles. The maximum atomic E-state index is 9.43. The van der Waals surface area contributed by atoms with E-state index in [2.05, 4.69) is 20.5 Å². The second-order valence-electron chi connectivity index (χ2n) is 4.07. The van der Waals surface area contributed by atoms with Gasteiger partial charge in [-0.3, -0.25) is 0 Å². The van der Waals surface area contributed by atoms with Crippen LogP contribution in [0.2, 0.25) is 5.02 Å². The molecule has 2 aromatic heterocycles. The summed E-state index contributed by atoms with van der Waals surface area (Å²) in [6.45, 7) is 1.66. The Morgan fingerprint density at radius 2 is 2.15 bits per heavy atom. The van der Waals surface area contributed by atoms with Crippen molar-refractivity contribution >= 4 is 22.9 Å². The molecule has 0 spiro atoms. The van der Waals surface area contributed by atoms with Crippen molar-refractivity contribution in [2.45, 2.75) is 13.5 Å². The van der Waals surface area contributed by atoms with Gasteiger partial charge in [-0.05, 0) is 19.1 Å². The van der Waals surface area contributed by atoms with Crippen molar-refractivity contribution in [3.05, 3.63) is 40.0 Å². The number of rotatable bonds is 3. The van der Waals surface area contributed by atoms with Crippen molar-refractivity contribution in [2.24, 2.45) is 0 Å². The Morgan fingerprint density at radius 3 is 2.80 bits per heavy atom. The molecule has 0 amide bonds. The Bertz CT molecular complexity index is 754. The molecule has 0 aliphatic rings. The van der Waals surface area contributed by atoms with Gasteiger partial charge in [0, 0.05) is 10.6 Å². The van der Waals surface area contributed by atoms with E-state index in [1.165, 1.54) is 11.3 Å². The molecule has 8 heteroatoms. The zero-order valence-electron chi connectivity index (χ0n) is 10.5. The first-order valence-electron chi connectivity index (χ1n) is 5.81. The van der Waals surface area contributed by atoms with Crippen LogP contribution >= 0.6 is 22.9 Å². The lowest BCUT2D eigenvalue weighted by atomic mass is 10.1. The van der Waals surface area contributed by atoms with Gasteiger partial charge in [0.25, 0.3) is 0 Å². The molecule has 1 N–H and O–H groups in total. The first kappa shape index (κ1) is 13.2. The summed E-state index contributed by atoms with van der Waals surface area (Å²) in [6, 6.07) is 7.30. The van der Waals surface area contributed by atoms with Gasteiger partial charge in [0.15, 0.2) is 0 Å². The summed E-state index contributed by atoms with van der Waals surface area (Å²) in [7, 11) is 0. The van der Waals surface area contributed by atoms with E-state index >= 15 is 0 Å². The lowest BCUT2D eigenvalue weighted by Crippen LogP contribution is -2.00. The highest BCUT2D eigenvalue weighted by atomic mass is 35.5. The van der Waals surface area contributed by atoms with E-state index in [9.17, 15) is 5.11 Å². The monoisotopic (exact) mass is 307 g/mol. The first-order chi connectivity index (χ1) is 9.69. The lowest BCUT2D eigenvalue weighted by Gasteiger charge is -2.05. The fraction of sp³-hybridized carbons (Fsp3) is 0.167. The van der Waals surface area contributed by atoms with Gasteiger partial charge in [-0.25, -0.2) is 0 Å². The lowest BCUT2D eigenvalue weighted by molar-refractivity contribution is 0.277. The Hall–Kier alpha value is -1.83. The summed E-state index contributed by atoms with van der Waals surface area (Å²) in [5.74, 6) is 0. The molecule has 3 aromatic rings. The van der Waals surface area contributed by atoms with Crippen molar-refractivity contribution < 1.29 is 5.11 Å². The van der Waals surface area contributed by atoms with Gasteiger partial charge in [0.2, 0.25) is 5.13 Å². The fourth-order valence-corrected chi connectivity index (χ4v) is 2.68. The summed E-state index contributed by atoms with van der Waals surface area (Å²) in [4.78, 5) is 0. The Kier molecular flexibility index (Phi) is 3.47. The highest BCUT2D eigenvalue weighted by molar-refractivity contribution is 7.13. The topological polar surface area (TPSA) is 76.7 Å². The zero-order valence-corrected chi connectivity index (χ0v) is 12.1. The summed E-state index contributed by atoms with van der Waals surface area (Å²) in [5, 5.41) is 27.5. The van der Waals surface area contributed by atoms with E-state index in [1.807, 2.05) is 19.1 Å². The van der Waals surface area contributed by atoms with Crippen LogP contribution < -0.4 is 0 Å². The molecule has 0 aliphatic heterocycles. The standard InChI is InChI=1S/C12H10ClN5OS/c1-7-14-16-12(20-7)18-11(10(6-19)15-17-18)8-3-2-4-9(13)5-8/h2-5,19H,6H2,1H3. The molecule has 1 aromatic carbocycles. The van der Waals surface area contributed by atoms with Crippen molar-refractivity contribution in [3.63, 3.8) is 0 Å². The largest absolute Gasteiger partial charge is 0.390 e. The van der Waals surface area contributed by atoms with E-state index in [1.54, 1.807) is 16.8 Å². The molecule has 0 saturated heterocycles. The molecule has 6 nitrogen and oxygen atoms in total. The van der Waals surface area contributed by atoms with Crippen LogP contribution in [0.5, 0.6) is 0 Å². The van der Waals surface area contributed by atoms with Crippen molar-refractivity contribution in [3.8, 4) is 16.4 Å². The minimum absolute atomic E-state index is 0.209. The highest BCUT2D eigenvalue weighted by Gasteiger charge is 2.18. The van der Waals surface area contributed by atoms with Crippen molar-refractivity contribution in [1.29, 1.82) is 0 Å². The van der Waals surface area contributed by atoms with Crippen LogP contribution in [0.25, 0.3) is 16.4 Å². The molecule has 3 rings (SSSR count). The SMILES string of the molecule is Cc1nnc(-n2nnc(CO)c2-c2cccc(Cl)c2)s1. The first-order valence-corrected chi connectivity index (χ1v) is 7.00. The van der Waals surface area contributed by atoms with Gasteiger partial charge < -0.3 is 5.11 Å². The van der Waals surface area contributed by atoms with Gasteiger partial charge >= 0.3 is 0 Å². The maximum absolute atomic E-state index is 9.43. The number of benzene rings is 1. The second-order valence-corrected chi connectivity index (χ2v) is 5.67.